The van der Waals surface area contributed by atoms with Crippen LogP contribution in [0.3, 0.4) is 0 Å². The van der Waals surface area contributed by atoms with E-state index in [2.05, 4.69) is 52.7 Å². The molecule has 0 aliphatic heterocycles. The minimum Gasteiger partial charge on any atom is -0.325 e. The lowest BCUT2D eigenvalue weighted by atomic mass is 10.3. The van der Waals surface area contributed by atoms with Crippen LogP contribution >= 0.6 is 55.2 Å². The summed E-state index contributed by atoms with van der Waals surface area (Å²) >= 11 is 13.9. The van der Waals surface area contributed by atoms with Crippen molar-refractivity contribution in [3.8, 4) is 5.69 Å². The van der Waals surface area contributed by atoms with Crippen LogP contribution < -0.4 is 5.32 Å². The monoisotopic (exact) mass is 501 g/mol. The smallest absolute Gasteiger partial charge is 0.234 e. The number of nitrogens with zero attached hydrogens (tertiary/aromatic N) is 4. The molecule has 10 heteroatoms. The zero-order chi connectivity index (χ0) is 17.8. The molecule has 3 aromatic rings. The number of rotatable bonds is 5. The summed E-state index contributed by atoms with van der Waals surface area (Å²) in [7, 11) is 0. The second-order valence-electron chi connectivity index (χ2n) is 4.82. The Hall–Kier alpha value is -1.42. The third-order valence-corrected chi connectivity index (χ3v) is 6.10. The van der Waals surface area contributed by atoms with E-state index in [9.17, 15) is 4.79 Å². The number of hydrogen-bond acceptors (Lipinski definition) is 5. The maximum absolute atomic E-state index is 12.1. The maximum Gasteiger partial charge on any atom is 0.234 e. The van der Waals surface area contributed by atoms with Crippen molar-refractivity contribution >= 4 is 66.8 Å². The van der Waals surface area contributed by atoms with E-state index in [1.54, 1.807) is 16.8 Å². The Morgan fingerprint density at radius 1 is 1.16 bits per heavy atom. The van der Waals surface area contributed by atoms with Gasteiger partial charge in [0.2, 0.25) is 11.1 Å². The van der Waals surface area contributed by atoms with E-state index in [1.165, 1.54) is 11.8 Å². The van der Waals surface area contributed by atoms with Crippen molar-refractivity contribution in [2.24, 2.45) is 0 Å². The highest BCUT2D eigenvalue weighted by atomic mass is 79.9. The average molecular weight is 504 g/mol. The van der Waals surface area contributed by atoms with Crippen LogP contribution in [-0.4, -0.2) is 31.9 Å². The first kappa shape index (κ1) is 18.4. The van der Waals surface area contributed by atoms with Crippen molar-refractivity contribution in [3.63, 3.8) is 0 Å². The third kappa shape index (κ3) is 4.81. The van der Waals surface area contributed by atoms with Gasteiger partial charge in [0.1, 0.15) is 0 Å². The second kappa shape index (κ2) is 8.31. The van der Waals surface area contributed by atoms with Gasteiger partial charge in [-0.2, -0.15) is 4.68 Å². The summed E-state index contributed by atoms with van der Waals surface area (Å²) in [6.07, 6.45) is 0. The SMILES string of the molecule is O=C(CSc1nnnn1-c1ccc(Cl)cc1)Nc1ccc(Br)c(Br)c1. The normalized spacial score (nSPS) is 10.7. The van der Waals surface area contributed by atoms with E-state index in [4.69, 9.17) is 11.6 Å². The van der Waals surface area contributed by atoms with Crippen LogP contribution in [0.25, 0.3) is 5.69 Å². The maximum atomic E-state index is 12.1. The molecule has 0 radical (unpaired) electrons. The van der Waals surface area contributed by atoms with Gasteiger partial charge < -0.3 is 5.32 Å². The molecule has 3 rings (SSSR count). The fraction of sp³-hybridized carbons (Fsp3) is 0.0667. The molecule has 1 amide bonds. The highest BCUT2D eigenvalue weighted by molar-refractivity contribution is 9.13. The van der Waals surface area contributed by atoms with Gasteiger partial charge in [0.25, 0.3) is 0 Å². The largest absolute Gasteiger partial charge is 0.325 e. The summed E-state index contributed by atoms with van der Waals surface area (Å²) in [4.78, 5) is 12.1. The van der Waals surface area contributed by atoms with Gasteiger partial charge in [-0.1, -0.05) is 23.4 Å². The molecule has 0 saturated carbocycles. The average Bonchev–Trinajstić information content (AvgIpc) is 3.06. The Kier molecular flexibility index (Phi) is 6.10. The first-order valence-electron chi connectivity index (χ1n) is 6.95. The highest BCUT2D eigenvalue weighted by Crippen LogP contribution is 2.26. The molecule has 1 heterocycles. The molecule has 1 aromatic heterocycles. The van der Waals surface area contributed by atoms with Crippen molar-refractivity contribution in [2.75, 3.05) is 11.1 Å². The topological polar surface area (TPSA) is 72.7 Å². The lowest BCUT2D eigenvalue weighted by Crippen LogP contribution is -2.14. The van der Waals surface area contributed by atoms with Gasteiger partial charge in [-0.05, 0) is 84.8 Å². The Morgan fingerprint density at radius 3 is 2.64 bits per heavy atom. The van der Waals surface area contributed by atoms with Gasteiger partial charge in [-0.15, -0.1) is 5.10 Å². The molecule has 6 nitrogen and oxygen atoms in total. The summed E-state index contributed by atoms with van der Waals surface area (Å²) in [5.41, 5.74) is 1.48. The molecule has 2 aromatic carbocycles. The number of nitrogens with one attached hydrogen (secondary N) is 1. The van der Waals surface area contributed by atoms with Gasteiger partial charge in [-0.25, -0.2) is 0 Å². The number of tetrazole rings is 1. The molecule has 25 heavy (non-hydrogen) atoms. The fourth-order valence-electron chi connectivity index (χ4n) is 1.91. The van der Waals surface area contributed by atoms with Gasteiger partial charge in [-0.3, -0.25) is 4.79 Å². The first-order chi connectivity index (χ1) is 12.0. The molecule has 0 saturated heterocycles. The predicted molar refractivity (Wildman–Crippen MR) is 105 cm³/mol. The van der Waals surface area contributed by atoms with Crippen molar-refractivity contribution in [1.82, 2.24) is 20.2 Å². The lowest BCUT2D eigenvalue weighted by molar-refractivity contribution is -0.113. The number of thioether (sulfide) groups is 1. The Labute approximate surface area is 169 Å². The molecular weight excluding hydrogens is 494 g/mol. The minimum absolute atomic E-state index is 0.148. The van der Waals surface area contributed by atoms with Crippen LogP contribution in [0.15, 0.2) is 56.6 Å². The van der Waals surface area contributed by atoms with Crippen LogP contribution in [0.2, 0.25) is 5.02 Å². The predicted octanol–water partition coefficient (Wildman–Crippen LogP) is 4.57. The van der Waals surface area contributed by atoms with Crippen LogP contribution in [0.1, 0.15) is 0 Å². The fourth-order valence-corrected chi connectivity index (χ4v) is 3.36. The van der Waals surface area contributed by atoms with E-state index < -0.39 is 0 Å². The summed E-state index contributed by atoms with van der Waals surface area (Å²) in [5, 5.41) is 15.6. The van der Waals surface area contributed by atoms with Gasteiger partial charge in [0.05, 0.1) is 11.4 Å². The second-order valence-corrected chi connectivity index (χ2v) is 7.90. The van der Waals surface area contributed by atoms with Crippen molar-refractivity contribution in [1.29, 1.82) is 0 Å². The van der Waals surface area contributed by atoms with Crippen LogP contribution in [0.4, 0.5) is 5.69 Å². The van der Waals surface area contributed by atoms with E-state index in [0.29, 0.717) is 15.9 Å². The number of benzene rings is 2. The van der Waals surface area contributed by atoms with Gasteiger partial charge in [0, 0.05) is 19.7 Å². The quantitative estimate of drug-likeness (QED) is 0.517. The van der Waals surface area contributed by atoms with E-state index in [-0.39, 0.29) is 11.7 Å². The summed E-state index contributed by atoms with van der Waals surface area (Å²) in [6.45, 7) is 0. The van der Waals surface area contributed by atoms with Crippen molar-refractivity contribution in [3.05, 3.63) is 56.4 Å². The van der Waals surface area contributed by atoms with Gasteiger partial charge >= 0.3 is 0 Å². The highest BCUT2D eigenvalue weighted by Gasteiger charge is 2.12. The molecule has 128 valence electrons. The standard InChI is InChI=1S/C15H10Br2ClN5OS/c16-12-6-3-10(7-13(12)17)19-14(24)8-25-15-20-21-22-23(15)11-4-1-9(18)2-5-11/h1-7H,8H2,(H,19,24). The van der Waals surface area contributed by atoms with E-state index in [1.807, 2.05) is 30.3 Å². The Balaban J connectivity index is 1.64. The molecule has 0 fully saturated rings. The molecule has 0 atom stereocenters. The number of amides is 1. The van der Waals surface area contributed by atoms with E-state index >= 15 is 0 Å². The zero-order valence-electron chi connectivity index (χ0n) is 12.5. The van der Waals surface area contributed by atoms with Gasteiger partial charge in [0.15, 0.2) is 0 Å². The Bertz CT molecular complexity index is 903. The third-order valence-electron chi connectivity index (χ3n) is 3.05. The molecule has 0 unspecified atom stereocenters. The number of hydrogen-bond donors (Lipinski definition) is 1. The molecule has 0 aliphatic rings. The van der Waals surface area contributed by atoms with Crippen LogP contribution in [-0.2, 0) is 4.79 Å². The Morgan fingerprint density at radius 2 is 1.92 bits per heavy atom. The molecule has 0 aliphatic carbocycles. The molecule has 0 spiro atoms. The van der Waals surface area contributed by atoms with Crippen LogP contribution in [0, 0.1) is 0 Å². The van der Waals surface area contributed by atoms with Crippen molar-refractivity contribution < 1.29 is 4.79 Å². The number of anilines is 1. The lowest BCUT2D eigenvalue weighted by Gasteiger charge is -2.07. The van der Waals surface area contributed by atoms with Crippen molar-refractivity contribution in [2.45, 2.75) is 5.16 Å². The summed E-state index contributed by atoms with van der Waals surface area (Å²) in [5.74, 6) is 0.0339. The molecule has 1 N–H and O–H groups in total. The first-order valence-corrected chi connectivity index (χ1v) is 9.90. The summed E-state index contributed by atoms with van der Waals surface area (Å²) < 4.78 is 3.34. The van der Waals surface area contributed by atoms with E-state index in [0.717, 1.165) is 14.6 Å². The number of aromatic nitrogens is 4. The molecule has 0 bridgehead atoms. The minimum atomic E-state index is -0.148. The summed E-state index contributed by atoms with van der Waals surface area (Å²) in [6, 6.07) is 12.6. The zero-order valence-corrected chi connectivity index (χ0v) is 17.2. The number of carbonyl (C=O) groups excluding carboxylic acids is 1. The molecular formula is C15H10Br2ClN5OS. The van der Waals surface area contributed by atoms with Crippen LogP contribution in [0.5, 0.6) is 0 Å². The number of carbonyl (C=O) groups is 1. The number of halogens is 3.